The molecule has 0 aromatic heterocycles. The molecule has 9 atom stereocenters. The molecule has 174 valence electrons. The maximum absolute atomic E-state index is 11.0. The number of hydrogen-bond donors (Lipinski definition) is 3. The SMILES string of the molecule is C[C@H](C=C[C@H](C)C(C)(C)O)[C@H]1CC[C@H]2C3=CC=C4C[C@@H](O)CC(O)[C@@]4(C)[C@@H]3CC[C@]12C. The fraction of sp³-hybridized carbons (Fsp3) is 0.786. The third kappa shape index (κ3) is 3.69. The van der Waals surface area contributed by atoms with Crippen LogP contribution in [0.2, 0.25) is 0 Å². The highest BCUT2D eigenvalue weighted by molar-refractivity contribution is 5.40. The monoisotopic (exact) mass is 428 g/mol. The highest BCUT2D eigenvalue weighted by Crippen LogP contribution is 2.66. The van der Waals surface area contributed by atoms with E-state index in [2.05, 4.69) is 52.0 Å². The third-order valence-electron chi connectivity index (χ3n) is 10.2. The Labute approximate surface area is 189 Å². The number of hydrogen-bond acceptors (Lipinski definition) is 3. The van der Waals surface area contributed by atoms with E-state index in [0.29, 0.717) is 41.9 Å². The summed E-state index contributed by atoms with van der Waals surface area (Å²) in [5, 5.41) is 31.5. The largest absolute Gasteiger partial charge is 0.393 e. The van der Waals surface area contributed by atoms with Crippen LogP contribution in [0.3, 0.4) is 0 Å². The molecular weight excluding hydrogens is 384 g/mol. The maximum atomic E-state index is 11.0. The van der Waals surface area contributed by atoms with Gasteiger partial charge in [0.15, 0.2) is 0 Å². The van der Waals surface area contributed by atoms with Gasteiger partial charge in [0, 0.05) is 17.8 Å². The molecule has 0 aliphatic heterocycles. The van der Waals surface area contributed by atoms with Crippen molar-refractivity contribution in [2.45, 2.75) is 97.9 Å². The van der Waals surface area contributed by atoms with Gasteiger partial charge in [-0.2, -0.15) is 0 Å². The molecule has 3 saturated carbocycles. The molecule has 0 spiro atoms. The van der Waals surface area contributed by atoms with Crippen molar-refractivity contribution in [3.8, 4) is 0 Å². The van der Waals surface area contributed by atoms with Crippen LogP contribution in [0.5, 0.6) is 0 Å². The predicted octanol–water partition coefficient (Wildman–Crippen LogP) is 5.42. The summed E-state index contributed by atoms with van der Waals surface area (Å²) >= 11 is 0. The molecule has 4 aliphatic carbocycles. The molecule has 1 unspecified atom stereocenters. The molecule has 0 amide bonds. The third-order valence-corrected chi connectivity index (χ3v) is 10.2. The number of aliphatic hydroxyl groups excluding tert-OH is 2. The molecule has 4 rings (SSSR count). The van der Waals surface area contributed by atoms with Gasteiger partial charge in [-0.1, -0.05) is 63.1 Å². The van der Waals surface area contributed by atoms with Crippen LogP contribution in [-0.4, -0.2) is 33.1 Å². The van der Waals surface area contributed by atoms with Crippen molar-refractivity contribution in [3.05, 3.63) is 35.5 Å². The lowest BCUT2D eigenvalue weighted by atomic mass is 9.49. The maximum Gasteiger partial charge on any atom is 0.0661 e. The van der Waals surface area contributed by atoms with Gasteiger partial charge in [0.2, 0.25) is 0 Å². The summed E-state index contributed by atoms with van der Waals surface area (Å²) in [5.74, 6) is 2.29. The highest BCUT2D eigenvalue weighted by atomic mass is 16.3. The Morgan fingerprint density at radius 1 is 1.03 bits per heavy atom. The van der Waals surface area contributed by atoms with Crippen LogP contribution in [0.25, 0.3) is 0 Å². The van der Waals surface area contributed by atoms with Crippen molar-refractivity contribution < 1.29 is 15.3 Å². The number of allylic oxidation sites excluding steroid dienone is 4. The van der Waals surface area contributed by atoms with Gasteiger partial charge in [0.1, 0.15) is 0 Å². The number of fused-ring (bicyclic) bond motifs is 5. The first-order valence-corrected chi connectivity index (χ1v) is 12.6. The van der Waals surface area contributed by atoms with Gasteiger partial charge in [-0.3, -0.25) is 0 Å². The van der Waals surface area contributed by atoms with Crippen LogP contribution in [0, 0.1) is 40.4 Å². The molecule has 0 aromatic carbocycles. The van der Waals surface area contributed by atoms with E-state index >= 15 is 0 Å². The Morgan fingerprint density at radius 3 is 2.42 bits per heavy atom. The van der Waals surface area contributed by atoms with Crippen molar-refractivity contribution in [1.29, 1.82) is 0 Å². The molecule has 0 aromatic rings. The molecule has 0 heterocycles. The van der Waals surface area contributed by atoms with E-state index in [9.17, 15) is 15.3 Å². The van der Waals surface area contributed by atoms with E-state index in [1.165, 1.54) is 24.8 Å². The minimum absolute atomic E-state index is 0.142. The molecule has 3 fully saturated rings. The first kappa shape index (κ1) is 23.3. The minimum atomic E-state index is -0.683. The standard InChI is InChI=1S/C28H44O3/c1-17(7-8-18(2)26(3,4)31)22-11-12-23-21-10-9-19-15-20(29)16-25(30)28(19,6)24(21)13-14-27(22,23)5/h7-10,17-18,20,22-25,29-31H,11-16H2,1-6H3/t17-,18+,20-,22-,23+,24-,25?,27-,28-/m1/s1. The second-order valence-corrected chi connectivity index (χ2v) is 12.3. The van der Waals surface area contributed by atoms with Gasteiger partial charge in [-0.05, 0) is 75.0 Å². The van der Waals surface area contributed by atoms with Gasteiger partial charge in [-0.25, -0.2) is 0 Å². The molecule has 31 heavy (non-hydrogen) atoms. The first-order chi connectivity index (χ1) is 14.4. The van der Waals surface area contributed by atoms with E-state index in [-0.39, 0.29) is 11.3 Å². The zero-order valence-corrected chi connectivity index (χ0v) is 20.4. The summed E-state index contributed by atoms with van der Waals surface area (Å²) in [6, 6.07) is 0. The van der Waals surface area contributed by atoms with E-state index in [1.807, 2.05) is 13.8 Å². The van der Waals surface area contributed by atoms with Crippen LogP contribution in [0.4, 0.5) is 0 Å². The predicted molar refractivity (Wildman–Crippen MR) is 126 cm³/mol. The number of aliphatic hydroxyl groups is 3. The van der Waals surface area contributed by atoms with Crippen LogP contribution < -0.4 is 0 Å². The number of rotatable bonds is 4. The smallest absolute Gasteiger partial charge is 0.0661 e. The Kier molecular flexibility index (Phi) is 5.89. The second-order valence-electron chi connectivity index (χ2n) is 12.3. The molecule has 0 radical (unpaired) electrons. The van der Waals surface area contributed by atoms with Gasteiger partial charge < -0.3 is 15.3 Å². The van der Waals surface area contributed by atoms with Crippen molar-refractivity contribution in [2.24, 2.45) is 40.4 Å². The van der Waals surface area contributed by atoms with Gasteiger partial charge in [-0.15, -0.1) is 0 Å². The normalized spacial score (nSPS) is 44.7. The van der Waals surface area contributed by atoms with Gasteiger partial charge >= 0.3 is 0 Å². The molecule has 4 aliphatic rings. The Morgan fingerprint density at radius 2 is 1.74 bits per heavy atom. The zero-order valence-electron chi connectivity index (χ0n) is 20.4. The Hall–Kier alpha value is -0.900. The summed E-state index contributed by atoms with van der Waals surface area (Å²) in [4.78, 5) is 0. The van der Waals surface area contributed by atoms with E-state index in [0.717, 1.165) is 6.42 Å². The first-order valence-electron chi connectivity index (χ1n) is 12.6. The Balaban J connectivity index is 1.58. The minimum Gasteiger partial charge on any atom is -0.393 e. The highest BCUT2D eigenvalue weighted by Gasteiger charge is 2.58. The lowest BCUT2D eigenvalue weighted by Crippen LogP contribution is -2.52. The fourth-order valence-electron chi connectivity index (χ4n) is 7.66. The molecule has 3 heteroatoms. The van der Waals surface area contributed by atoms with Crippen molar-refractivity contribution in [2.75, 3.05) is 0 Å². The van der Waals surface area contributed by atoms with Crippen molar-refractivity contribution >= 4 is 0 Å². The zero-order chi connectivity index (χ0) is 22.8. The molecule has 0 saturated heterocycles. The van der Waals surface area contributed by atoms with Crippen LogP contribution >= 0.6 is 0 Å². The van der Waals surface area contributed by atoms with Crippen LogP contribution in [0.15, 0.2) is 35.5 Å². The lowest BCUT2D eigenvalue weighted by Gasteiger charge is -2.56. The summed E-state index contributed by atoms with van der Waals surface area (Å²) in [6.45, 7) is 13.0. The molecule has 3 nitrogen and oxygen atoms in total. The van der Waals surface area contributed by atoms with Crippen molar-refractivity contribution in [3.63, 3.8) is 0 Å². The average Bonchev–Trinajstić information content (AvgIpc) is 3.03. The summed E-state index contributed by atoms with van der Waals surface area (Å²) < 4.78 is 0. The topological polar surface area (TPSA) is 60.7 Å². The van der Waals surface area contributed by atoms with Crippen LogP contribution in [0.1, 0.15) is 80.1 Å². The van der Waals surface area contributed by atoms with Gasteiger partial charge in [0.25, 0.3) is 0 Å². The fourth-order valence-corrected chi connectivity index (χ4v) is 7.66. The second kappa shape index (κ2) is 7.85. The molecule has 0 bridgehead atoms. The average molecular weight is 429 g/mol. The molecule has 3 N–H and O–H groups in total. The summed E-state index contributed by atoms with van der Waals surface area (Å²) in [5.41, 5.74) is 2.22. The lowest BCUT2D eigenvalue weighted by molar-refractivity contribution is -0.0537. The van der Waals surface area contributed by atoms with E-state index in [4.69, 9.17) is 0 Å². The van der Waals surface area contributed by atoms with E-state index < -0.39 is 17.8 Å². The van der Waals surface area contributed by atoms with Crippen molar-refractivity contribution in [1.82, 2.24) is 0 Å². The quantitative estimate of drug-likeness (QED) is 0.524. The molecular formula is C28H44O3. The Bertz CT molecular complexity index is 787. The van der Waals surface area contributed by atoms with Gasteiger partial charge in [0.05, 0.1) is 17.8 Å². The van der Waals surface area contributed by atoms with Crippen LogP contribution in [-0.2, 0) is 0 Å². The van der Waals surface area contributed by atoms with E-state index in [1.54, 1.807) is 5.57 Å². The summed E-state index contributed by atoms with van der Waals surface area (Å²) in [6.07, 6.45) is 14.4. The summed E-state index contributed by atoms with van der Waals surface area (Å²) in [7, 11) is 0.